The Bertz CT molecular complexity index is 822. The van der Waals surface area contributed by atoms with Crippen molar-refractivity contribution >= 4 is 51.1 Å². The average molecular weight is 422 g/mol. The third kappa shape index (κ3) is 5.45. The van der Waals surface area contributed by atoms with Crippen LogP contribution < -0.4 is 5.73 Å². The van der Waals surface area contributed by atoms with E-state index in [0.717, 1.165) is 33.2 Å². The fraction of sp³-hybridized carbons (Fsp3) is 0.474. The number of nitrogens with two attached hydrogens (primary N) is 1. The van der Waals surface area contributed by atoms with Crippen LogP contribution in [0.3, 0.4) is 0 Å². The van der Waals surface area contributed by atoms with Crippen LogP contribution in [0.4, 0.5) is 0 Å². The molecule has 1 aliphatic heterocycles. The van der Waals surface area contributed by atoms with Crippen LogP contribution in [-0.2, 0) is 19.1 Å². The topological polar surface area (TPSA) is 103 Å². The zero-order valence-electron chi connectivity index (χ0n) is 15.5. The number of amides is 2. The van der Waals surface area contributed by atoms with E-state index in [-0.39, 0.29) is 18.9 Å². The zero-order chi connectivity index (χ0) is 19.9. The number of thioether (sulfide) groups is 1. The highest BCUT2D eigenvalue weighted by Gasteiger charge is 2.30. The van der Waals surface area contributed by atoms with Crippen LogP contribution in [0.5, 0.6) is 0 Å². The van der Waals surface area contributed by atoms with Gasteiger partial charge in [-0.15, -0.1) is 11.3 Å². The van der Waals surface area contributed by atoms with Gasteiger partial charge in [0.1, 0.15) is 6.04 Å². The normalized spacial score (nSPS) is 16.9. The number of hydrogen-bond donors (Lipinski definition) is 1. The zero-order valence-corrected chi connectivity index (χ0v) is 17.1. The van der Waals surface area contributed by atoms with Crippen LogP contribution in [-0.4, -0.2) is 52.6 Å². The highest BCUT2D eigenvalue weighted by molar-refractivity contribution is 8.01. The van der Waals surface area contributed by atoms with E-state index in [0.29, 0.717) is 19.4 Å². The first kappa shape index (κ1) is 20.6. The number of rotatable bonds is 8. The summed E-state index contributed by atoms with van der Waals surface area (Å²) < 4.78 is 7.21. The molecular formula is C19H23N3O4S2. The molecule has 0 unspecified atom stereocenters. The molecule has 0 bridgehead atoms. The Morgan fingerprint density at radius 3 is 2.89 bits per heavy atom. The van der Waals surface area contributed by atoms with Crippen molar-refractivity contribution in [2.75, 3.05) is 18.9 Å². The number of aromatic nitrogens is 1. The molecule has 1 atom stereocenters. The second kappa shape index (κ2) is 9.88. The Balaban J connectivity index is 1.36. The molecular weight excluding hydrogens is 398 g/mol. The lowest BCUT2D eigenvalue weighted by Gasteiger charge is -2.33. The van der Waals surface area contributed by atoms with Crippen molar-refractivity contribution in [1.29, 1.82) is 0 Å². The highest BCUT2D eigenvalue weighted by Crippen LogP contribution is 2.29. The number of piperidine rings is 1. The Hall–Kier alpha value is -2.13. The third-order valence-corrected chi connectivity index (χ3v) is 6.80. The van der Waals surface area contributed by atoms with Gasteiger partial charge in [0.15, 0.2) is 10.9 Å². The van der Waals surface area contributed by atoms with E-state index in [4.69, 9.17) is 10.5 Å². The molecule has 1 saturated heterocycles. The highest BCUT2D eigenvalue weighted by atomic mass is 32.2. The Morgan fingerprint density at radius 2 is 2.11 bits per heavy atom. The molecule has 0 aliphatic carbocycles. The Labute approximate surface area is 171 Å². The van der Waals surface area contributed by atoms with Crippen LogP contribution >= 0.6 is 23.1 Å². The van der Waals surface area contributed by atoms with Crippen LogP contribution in [0.1, 0.15) is 32.1 Å². The molecule has 2 N–H and O–H groups in total. The van der Waals surface area contributed by atoms with E-state index in [9.17, 15) is 14.4 Å². The predicted octanol–water partition coefficient (Wildman–Crippen LogP) is 2.58. The molecule has 2 amide bonds. The Morgan fingerprint density at radius 1 is 1.29 bits per heavy atom. The first-order valence-electron chi connectivity index (χ1n) is 9.27. The Kier molecular flexibility index (Phi) is 7.27. The molecule has 2 aromatic rings. The SMILES string of the molecule is NC(=O)[C@@H]1CCCCN1C(=O)COC(=O)CCCSc1nc2ccccc2s1. The minimum atomic E-state index is -0.592. The number of primary amides is 1. The molecule has 2 heterocycles. The van der Waals surface area contributed by atoms with E-state index >= 15 is 0 Å². The summed E-state index contributed by atoms with van der Waals surface area (Å²) >= 11 is 3.25. The van der Waals surface area contributed by atoms with Gasteiger partial charge in [0.25, 0.3) is 5.91 Å². The summed E-state index contributed by atoms with van der Waals surface area (Å²) in [6.45, 7) is 0.135. The van der Waals surface area contributed by atoms with Gasteiger partial charge >= 0.3 is 5.97 Å². The van der Waals surface area contributed by atoms with E-state index in [1.807, 2.05) is 24.3 Å². The standard InChI is InChI=1S/C19H23N3O4S2/c20-18(25)14-7-3-4-10-22(14)16(23)12-26-17(24)9-5-11-27-19-21-13-6-1-2-8-15(13)28-19/h1-2,6,8,14H,3-5,7,9-12H2,(H2,20,25)/t14-/m0/s1. The van der Waals surface area contributed by atoms with Crippen molar-refractivity contribution in [3.63, 3.8) is 0 Å². The van der Waals surface area contributed by atoms with E-state index in [1.54, 1.807) is 23.1 Å². The number of esters is 1. The maximum Gasteiger partial charge on any atom is 0.306 e. The summed E-state index contributed by atoms with van der Waals surface area (Å²) in [6, 6.07) is 7.38. The van der Waals surface area contributed by atoms with Gasteiger partial charge < -0.3 is 15.4 Å². The first-order valence-corrected chi connectivity index (χ1v) is 11.1. The van der Waals surface area contributed by atoms with Gasteiger partial charge in [0.05, 0.1) is 10.2 Å². The monoisotopic (exact) mass is 421 g/mol. The second-order valence-corrected chi connectivity index (χ2v) is 8.93. The van der Waals surface area contributed by atoms with Gasteiger partial charge in [-0.25, -0.2) is 4.98 Å². The molecule has 0 saturated carbocycles. The van der Waals surface area contributed by atoms with Gasteiger partial charge in [0.2, 0.25) is 5.91 Å². The predicted molar refractivity (Wildman–Crippen MR) is 109 cm³/mol. The van der Waals surface area contributed by atoms with Gasteiger partial charge in [-0.05, 0) is 37.8 Å². The number of hydrogen-bond acceptors (Lipinski definition) is 7. The molecule has 0 radical (unpaired) electrons. The number of para-hydroxylation sites is 1. The van der Waals surface area contributed by atoms with Crippen molar-refractivity contribution in [3.05, 3.63) is 24.3 Å². The summed E-state index contributed by atoms with van der Waals surface area (Å²) in [7, 11) is 0. The van der Waals surface area contributed by atoms with Crippen LogP contribution in [0, 0.1) is 0 Å². The summed E-state index contributed by atoms with van der Waals surface area (Å²) in [5, 5.41) is 0. The molecule has 1 aromatic heterocycles. The molecule has 3 rings (SSSR count). The van der Waals surface area contributed by atoms with Crippen molar-refractivity contribution in [3.8, 4) is 0 Å². The van der Waals surface area contributed by atoms with Gasteiger partial charge in [-0.1, -0.05) is 23.9 Å². The number of benzene rings is 1. The van der Waals surface area contributed by atoms with Crippen molar-refractivity contribution < 1.29 is 19.1 Å². The number of nitrogens with zero attached hydrogens (tertiary/aromatic N) is 2. The fourth-order valence-corrected chi connectivity index (χ4v) is 5.19. The minimum Gasteiger partial charge on any atom is -0.456 e. The van der Waals surface area contributed by atoms with Gasteiger partial charge in [-0.3, -0.25) is 14.4 Å². The van der Waals surface area contributed by atoms with Crippen LogP contribution in [0.25, 0.3) is 10.2 Å². The number of likely N-dealkylation sites (tertiary alicyclic amines) is 1. The molecule has 0 spiro atoms. The average Bonchev–Trinajstić information content (AvgIpc) is 3.12. The van der Waals surface area contributed by atoms with Crippen molar-refractivity contribution in [2.45, 2.75) is 42.5 Å². The summed E-state index contributed by atoms with van der Waals surface area (Å²) in [5.41, 5.74) is 6.34. The molecule has 1 fully saturated rings. The molecule has 7 nitrogen and oxygen atoms in total. The molecule has 1 aromatic carbocycles. The largest absolute Gasteiger partial charge is 0.456 e. The summed E-state index contributed by atoms with van der Waals surface area (Å²) in [5.74, 6) is -0.531. The lowest BCUT2D eigenvalue weighted by atomic mass is 10.0. The maximum absolute atomic E-state index is 12.2. The number of carbonyl (C=O) groups is 3. The maximum atomic E-state index is 12.2. The van der Waals surface area contributed by atoms with Crippen LogP contribution in [0.2, 0.25) is 0 Å². The third-order valence-electron chi connectivity index (χ3n) is 4.53. The smallest absolute Gasteiger partial charge is 0.306 e. The molecule has 1 aliphatic rings. The minimum absolute atomic E-state index is 0.240. The quantitative estimate of drug-likeness (QED) is 0.399. The van der Waals surface area contributed by atoms with Crippen molar-refractivity contribution in [1.82, 2.24) is 9.88 Å². The van der Waals surface area contributed by atoms with Gasteiger partial charge in [-0.2, -0.15) is 0 Å². The summed E-state index contributed by atoms with van der Waals surface area (Å²) in [4.78, 5) is 41.6. The lowest BCUT2D eigenvalue weighted by molar-refractivity contribution is -0.154. The molecule has 28 heavy (non-hydrogen) atoms. The van der Waals surface area contributed by atoms with Gasteiger partial charge in [0, 0.05) is 18.7 Å². The summed E-state index contributed by atoms with van der Waals surface area (Å²) in [6.07, 6.45) is 3.14. The van der Waals surface area contributed by atoms with E-state index in [1.165, 1.54) is 4.90 Å². The second-order valence-electron chi connectivity index (χ2n) is 6.56. The fourth-order valence-electron chi connectivity index (χ4n) is 3.11. The molecule has 150 valence electrons. The van der Waals surface area contributed by atoms with Crippen molar-refractivity contribution in [2.24, 2.45) is 5.73 Å². The van der Waals surface area contributed by atoms with Crippen LogP contribution in [0.15, 0.2) is 28.6 Å². The number of thiazole rings is 1. The van der Waals surface area contributed by atoms with E-state index in [2.05, 4.69) is 4.98 Å². The lowest BCUT2D eigenvalue weighted by Crippen LogP contribution is -2.51. The first-order chi connectivity index (χ1) is 13.5. The molecule has 9 heteroatoms. The number of fused-ring (bicyclic) bond motifs is 1. The van der Waals surface area contributed by atoms with E-state index < -0.39 is 17.9 Å². The number of ether oxygens (including phenoxy) is 1. The number of carbonyl (C=O) groups excluding carboxylic acids is 3.